The highest BCUT2D eigenvalue weighted by atomic mass is 16.3. The van der Waals surface area contributed by atoms with E-state index in [2.05, 4.69) is 41.5 Å². The molecule has 0 saturated heterocycles. The summed E-state index contributed by atoms with van der Waals surface area (Å²) in [5.74, 6) is 4.46. The van der Waals surface area contributed by atoms with Gasteiger partial charge in [-0.1, -0.05) is 99.3 Å². The highest BCUT2D eigenvalue weighted by Crippen LogP contribution is 2.73. The highest BCUT2D eigenvalue weighted by molar-refractivity contribution is 5.19. The third-order valence-corrected chi connectivity index (χ3v) is 17.6. The van der Waals surface area contributed by atoms with Gasteiger partial charge < -0.3 is 20.4 Å². The predicted octanol–water partition coefficient (Wildman–Crippen LogP) is 9.41. The van der Waals surface area contributed by atoms with E-state index in [0.717, 1.165) is 31.6 Å². The largest absolute Gasteiger partial charge is 0.393 e. The van der Waals surface area contributed by atoms with E-state index in [1.807, 2.05) is 6.92 Å². The van der Waals surface area contributed by atoms with Crippen LogP contribution in [0, 0.1) is 81.3 Å². The molecule has 0 aromatic heterocycles. The minimum absolute atomic E-state index is 0.0237. The molecule has 4 nitrogen and oxygen atoms in total. The molecule has 0 heterocycles. The lowest BCUT2D eigenvalue weighted by Crippen LogP contribution is -2.70. The Kier molecular flexibility index (Phi) is 11.0. The van der Waals surface area contributed by atoms with Crippen LogP contribution in [0.5, 0.6) is 0 Å². The molecule has 6 aliphatic carbocycles. The van der Waals surface area contributed by atoms with Gasteiger partial charge in [-0.2, -0.15) is 0 Å². The zero-order chi connectivity index (χ0) is 33.9. The lowest BCUT2D eigenvalue weighted by Gasteiger charge is -2.72. The maximum Gasteiger partial charge on any atom is 0.0656 e. The summed E-state index contributed by atoms with van der Waals surface area (Å²) < 4.78 is 0. The number of hydrogen-bond acceptors (Lipinski definition) is 4. The molecule has 0 amide bonds. The molecule has 16 unspecified atom stereocenters. The van der Waals surface area contributed by atoms with Crippen molar-refractivity contribution in [3.63, 3.8) is 0 Å². The van der Waals surface area contributed by atoms with Crippen molar-refractivity contribution >= 4 is 0 Å². The van der Waals surface area contributed by atoms with Gasteiger partial charge in [-0.15, -0.1) is 0 Å². The number of fused-ring (bicyclic) bond motifs is 3. The van der Waals surface area contributed by atoms with Gasteiger partial charge in [0, 0.05) is 11.3 Å². The van der Waals surface area contributed by atoms with Crippen molar-refractivity contribution in [2.24, 2.45) is 81.3 Å². The Hall–Kier alpha value is -0.160. The van der Waals surface area contributed by atoms with Crippen LogP contribution < -0.4 is 0 Å². The first-order valence-electron chi connectivity index (χ1n) is 20.9. The summed E-state index contributed by atoms with van der Waals surface area (Å²) in [6.45, 7) is 16.3. The second kappa shape index (κ2) is 14.1. The molecule has 0 radical (unpaired) electrons. The van der Waals surface area contributed by atoms with E-state index in [9.17, 15) is 20.4 Å². The first-order chi connectivity index (χ1) is 22.2. The van der Waals surface area contributed by atoms with E-state index in [1.165, 1.54) is 89.9 Å². The average Bonchev–Trinajstić information content (AvgIpc) is 3.02. The molecule has 0 aliphatic heterocycles. The van der Waals surface area contributed by atoms with E-state index < -0.39 is 12.2 Å². The van der Waals surface area contributed by atoms with Gasteiger partial charge in [0.15, 0.2) is 0 Å². The van der Waals surface area contributed by atoms with Gasteiger partial charge in [0.2, 0.25) is 0 Å². The van der Waals surface area contributed by atoms with Crippen LogP contribution in [0.2, 0.25) is 0 Å². The van der Waals surface area contributed by atoms with Crippen molar-refractivity contribution in [1.82, 2.24) is 0 Å². The Morgan fingerprint density at radius 2 is 1.40 bits per heavy atom. The maximum absolute atomic E-state index is 12.9. The van der Waals surface area contributed by atoms with Gasteiger partial charge in [-0.25, -0.2) is 0 Å². The van der Waals surface area contributed by atoms with Gasteiger partial charge in [-0.05, 0) is 135 Å². The van der Waals surface area contributed by atoms with Crippen molar-refractivity contribution in [1.29, 1.82) is 0 Å². The summed E-state index contributed by atoms with van der Waals surface area (Å²) in [4.78, 5) is 0. The molecular formula is C43H76O4. The monoisotopic (exact) mass is 657 g/mol. The second-order valence-corrected chi connectivity index (χ2v) is 20.1. The number of aliphatic hydroxyl groups excluding tert-OH is 4. The van der Waals surface area contributed by atoms with Crippen molar-refractivity contribution in [3.05, 3.63) is 0 Å². The first-order valence-corrected chi connectivity index (χ1v) is 20.9. The molecule has 6 fully saturated rings. The quantitative estimate of drug-likeness (QED) is 0.210. The number of hydrogen-bond donors (Lipinski definition) is 4. The number of rotatable bonds is 8. The van der Waals surface area contributed by atoms with Crippen LogP contribution in [0.25, 0.3) is 0 Å². The van der Waals surface area contributed by atoms with Crippen molar-refractivity contribution in [2.75, 3.05) is 0 Å². The van der Waals surface area contributed by atoms with Crippen molar-refractivity contribution < 1.29 is 20.4 Å². The molecule has 0 aromatic rings. The molecule has 16 atom stereocenters. The average molecular weight is 657 g/mol. The Morgan fingerprint density at radius 1 is 0.766 bits per heavy atom. The van der Waals surface area contributed by atoms with Crippen LogP contribution in [0.15, 0.2) is 0 Å². The summed E-state index contributed by atoms with van der Waals surface area (Å²) in [5.41, 5.74) is -0.316. The van der Waals surface area contributed by atoms with Crippen LogP contribution in [0.1, 0.15) is 164 Å². The molecule has 4 heteroatoms. The van der Waals surface area contributed by atoms with Crippen LogP contribution in [-0.2, 0) is 0 Å². The molecule has 4 N–H and O–H groups in total. The van der Waals surface area contributed by atoms with Crippen LogP contribution >= 0.6 is 0 Å². The van der Waals surface area contributed by atoms with E-state index >= 15 is 0 Å². The van der Waals surface area contributed by atoms with Crippen LogP contribution in [0.4, 0.5) is 0 Å². The molecule has 0 aromatic carbocycles. The molecule has 47 heavy (non-hydrogen) atoms. The molecule has 6 saturated carbocycles. The predicted molar refractivity (Wildman–Crippen MR) is 193 cm³/mol. The van der Waals surface area contributed by atoms with Crippen molar-refractivity contribution in [2.45, 2.75) is 188 Å². The van der Waals surface area contributed by atoms with E-state index in [4.69, 9.17) is 0 Å². The van der Waals surface area contributed by atoms with E-state index in [1.54, 1.807) is 0 Å². The third kappa shape index (κ3) is 6.45. The third-order valence-electron chi connectivity index (χ3n) is 17.6. The van der Waals surface area contributed by atoms with Gasteiger partial charge in [0.1, 0.15) is 0 Å². The number of aliphatic hydroxyl groups is 4. The summed E-state index contributed by atoms with van der Waals surface area (Å²) in [6.07, 6.45) is 21.1. The van der Waals surface area contributed by atoms with Gasteiger partial charge in [0.25, 0.3) is 0 Å². The lowest BCUT2D eigenvalue weighted by atomic mass is 9.34. The summed E-state index contributed by atoms with van der Waals surface area (Å²) in [7, 11) is 0. The molecule has 0 spiro atoms. The normalized spacial score (nSPS) is 51.0. The first kappa shape index (κ1) is 36.6. The molecule has 0 bridgehead atoms. The molecule has 272 valence electrons. The Bertz CT molecular complexity index is 1030. The van der Waals surface area contributed by atoms with Gasteiger partial charge in [0.05, 0.1) is 24.4 Å². The molecular weight excluding hydrogens is 580 g/mol. The smallest absolute Gasteiger partial charge is 0.0656 e. The zero-order valence-corrected chi connectivity index (χ0v) is 31.7. The fourth-order valence-corrected chi connectivity index (χ4v) is 15.1. The Balaban J connectivity index is 1.28. The van der Waals surface area contributed by atoms with Crippen molar-refractivity contribution in [3.8, 4) is 0 Å². The standard InChI is InChI=1S/C43H76O4/c1-26-23-42(6)25-41(5)24-34-33(19-18-30-14-10-8-11-15-30)22-32(20-21-35(45)31-16-12-9-13-17-31)27(2)37(34)39(46)38(41)28(3)43(42,7)40(47)36(26)29(4)44/h26-40,44-47H,8-25H2,1-7H3. The summed E-state index contributed by atoms with van der Waals surface area (Å²) in [5, 5.41) is 47.2. The summed E-state index contributed by atoms with van der Waals surface area (Å²) >= 11 is 0. The highest BCUT2D eigenvalue weighted by Gasteiger charge is 2.70. The van der Waals surface area contributed by atoms with Gasteiger partial charge in [-0.3, -0.25) is 0 Å². The SMILES string of the molecule is CC(O)C1C(C)CC2(C)CC3(C)CC4C(CCC5CCCCC5)CC(CCC(O)C5CCCCC5)C(C)C4C(O)C3C(C)C2(C)C1O. The minimum atomic E-state index is -0.568. The summed E-state index contributed by atoms with van der Waals surface area (Å²) in [6, 6.07) is 0. The fourth-order valence-electron chi connectivity index (χ4n) is 15.1. The van der Waals surface area contributed by atoms with Gasteiger partial charge >= 0.3 is 0 Å². The maximum atomic E-state index is 12.9. The minimum Gasteiger partial charge on any atom is -0.393 e. The molecule has 6 rings (SSSR count). The Morgan fingerprint density at radius 3 is 2.04 bits per heavy atom. The zero-order valence-electron chi connectivity index (χ0n) is 31.7. The lowest BCUT2D eigenvalue weighted by molar-refractivity contribution is -0.281. The topological polar surface area (TPSA) is 80.9 Å². The van der Waals surface area contributed by atoms with Crippen LogP contribution in [-0.4, -0.2) is 44.8 Å². The second-order valence-electron chi connectivity index (χ2n) is 20.1. The molecule has 6 aliphatic rings. The van der Waals surface area contributed by atoms with E-state index in [0.29, 0.717) is 35.5 Å². The van der Waals surface area contributed by atoms with E-state index in [-0.39, 0.29) is 52.1 Å². The van der Waals surface area contributed by atoms with Crippen LogP contribution in [0.3, 0.4) is 0 Å². The fraction of sp³-hybridized carbons (Fsp3) is 1.00. The Labute approximate surface area is 289 Å².